The average molecular weight is 332 g/mol. The molecule has 1 heterocycles. The Bertz CT molecular complexity index is 468. The van der Waals surface area contributed by atoms with Crippen LogP contribution in [0.1, 0.15) is 12.8 Å². The minimum absolute atomic E-state index is 0.138. The second-order valence-corrected chi connectivity index (χ2v) is 7.00. The fraction of sp³-hybridized carbons (Fsp3) is 0.500. The molecular weight excluding hydrogens is 314 g/mol. The molecule has 0 radical (unpaired) electrons. The first-order valence-corrected chi connectivity index (χ1v) is 8.74. The highest BCUT2D eigenvalue weighted by molar-refractivity contribution is 8.00. The molecule has 1 saturated heterocycles. The van der Waals surface area contributed by atoms with E-state index in [0.717, 1.165) is 25.9 Å². The number of hydrogen-bond donors (Lipinski definition) is 2. The predicted octanol–water partition coefficient (Wildman–Crippen LogP) is 3.43. The van der Waals surface area contributed by atoms with Crippen LogP contribution in [-0.4, -0.2) is 35.8 Å². The average Bonchev–Trinajstić information content (AvgIpc) is 2.48. The molecular formula is C14H18F2N2OS2. The molecule has 0 unspecified atom stereocenters. The molecule has 1 aliphatic rings. The van der Waals surface area contributed by atoms with Crippen LogP contribution in [0, 0.1) is 0 Å². The van der Waals surface area contributed by atoms with Crippen molar-refractivity contribution in [2.45, 2.75) is 28.7 Å². The Kier molecular flexibility index (Phi) is 6.79. The van der Waals surface area contributed by atoms with Crippen molar-refractivity contribution in [1.82, 2.24) is 5.32 Å². The van der Waals surface area contributed by atoms with Crippen molar-refractivity contribution in [2.75, 3.05) is 24.2 Å². The molecule has 0 atom stereocenters. The molecule has 1 fully saturated rings. The standard InChI is InChI=1S/C14H18F2N2OS2/c15-14(16)21-12-4-2-1-3-11(12)18-13(19)9-20-10-5-7-17-8-6-10/h1-4,10,14,17H,5-9H2,(H,18,19). The maximum atomic E-state index is 12.5. The van der Waals surface area contributed by atoms with Gasteiger partial charge in [-0.2, -0.15) is 8.78 Å². The normalized spacial score (nSPS) is 16.1. The monoisotopic (exact) mass is 332 g/mol. The van der Waals surface area contributed by atoms with E-state index in [0.29, 0.717) is 33.3 Å². The van der Waals surface area contributed by atoms with Crippen LogP contribution in [0.25, 0.3) is 0 Å². The smallest absolute Gasteiger partial charge is 0.288 e. The Morgan fingerprint density at radius 2 is 2.05 bits per heavy atom. The van der Waals surface area contributed by atoms with Gasteiger partial charge in [0.05, 0.1) is 11.4 Å². The number of benzene rings is 1. The van der Waals surface area contributed by atoms with Gasteiger partial charge in [-0.3, -0.25) is 4.79 Å². The van der Waals surface area contributed by atoms with Gasteiger partial charge in [-0.05, 0) is 38.1 Å². The van der Waals surface area contributed by atoms with E-state index in [-0.39, 0.29) is 5.91 Å². The summed E-state index contributed by atoms with van der Waals surface area (Å²) in [6, 6.07) is 6.65. The Balaban J connectivity index is 1.84. The Morgan fingerprint density at radius 1 is 1.33 bits per heavy atom. The quantitative estimate of drug-likeness (QED) is 0.783. The highest BCUT2D eigenvalue weighted by Gasteiger charge is 2.16. The zero-order chi connectivity index (χ0) is 15.1. The van der Waals surface area contributed by atoms with E-state index in [2.05, 4.69) is 10.6 Å². The molecule has 116 valence electrons. The summed E-state index contributed by atoms with van der Waals surface area (Å²) in [5.74, 6) is -2.27. The van der Waals surface area contributed by atoms with Crippen molar-refractivity contribution in [3.05, 3.63) is 24.3 Å². The number of hydrogen-bond acceptors (Lipinski definition) is 4. The van der Waals surface area contributed by atoms with Crippen molar-refractivity contribution in [3.8, 4) is 0 Å². The lowest BCUT2D eigenvalue weighted by Crippen LogP contribution is -2.30. The van der Waals surface area contributed by atoms with Crippen molar-refractivity contribution >= 4 is 35.1 Å². The maximum absolute atomic E-state index is 12.5. The summed E-state index contributed by atoms with van der Waals surface area (Å²) in [4.78, 5) is 12.3. The molecule has 0 spiro atoms. The van der Waals surface area contributed by atoms with Gasteiger partial charge >= 0.3 is 0 Å². The van der Waals surface area contributed by atoms with Crippen molar-refractivity contribution in [2.24, 2.45) is 0 Å². The molecule has 1 aromatic carbocycles. The lowest BCUT2D eigenvalue weighted by atomic mass is 10.2. The largest absolute Gasteiger partial charge is 0.324 e. The van der Waals surface area contributed by atoms with Crippen LogP contribution in [0.4, 0.5) is 14.5 Å². The van der Waals surface area contributed by atoms with Crippen molar-refractivity contribution < 1.29 is 13.6 Å². The molecule has 1 aliphatic heterocycles. The second kappa shape index (κ2) is 8.60. The molecule has 0 aliphatic carbocycles. The van der Waals surface area contributed by atoms with Crippen LogP contribution < -0.4 is 10.6 Å². The van der Waals surface area contributed by atoms with Gasteiger partial charge in [0, 0.05) is 10.1 Å². The second-order valence-electron chi connectivity index (χ2n) is 4.68. The summed E-state index contributed by atoms with van der Waals surface area (Å²) in [7, 11) is 0. The minimum atomic E-state index is -2.49. The van der Waals surface area contributed by atoms with Crippen molar-refractivity contribution in [1.29, 1.82) is 0 Å². The summed E-state index contributed by atoms with van der Waals surface area (Å²) < 4.78 is 24.9. The van der Waals surface area contributed by atoms with E-state index in [1.165, 1.54) is 0 Å². The van der Waals surface area contributed by atoms with Gasteiger partial charge in [0.2, 0.25) is 5.91 Å². The van der Waals surface area contributed by atoms with E-state index in [1.807, 2.05) is 0 Å². The van der Waals surface area contributed by atoms with Crippen LogP contribution in [0.15, 0.2) is 29.2 Å². The van der Waals surface area contributed by atoms with Gasteiger partial charge in [0.25, 0.3) is 5.76 Å². The third-order valence-electron chi connectivity index (χ3n) is 3.11. The Morgan fingerprint density at radius 3 is 2.76 bits per heavy atom. The van der Waals surface area contributed by atoms with Crippen LogP contribution >= 0.6 is 23.5 Å². The fourth-order valence-corrected chi connectivity index (χ4v) is 3.73. The number of carbonyl (C=O) groups is 1. The molecule has 1 amide bonds. The van der Waals surface area contributed by atoms with Crippen LogP contribution in [-0.2, 0) is 4.79 Å². The molecule has 3 nitrogen and oxygen atoms in total. The number of para-hydroxylation sites is 1. The van der Waals surface area contributed by atoms with E-state index in [1.54, 1.807) is 36.0 Å². The van der Waals surface area contributed by atoms with Gasteiger partial charge in [0.1, 0.15) is 0 Å². The minimum Gasteiger partial charge on any atom is -0.324 e. The lowest BCUT2D eigenvalue weighted by molar-refractivity contribution is -0.113. The summed E-state index contributed by atoms with van der Waals surface area (Å²) in [5, 5.41) is 6.51. The molecule has 7 heteroatoms. The van der Waals surface area contributed by atoms with Gasteiger partial charge in [-0.1, -0.05) is 23.9 Å². The molecule has 0 aromatic heterocycles. The first-order chi connectivity index (χ1) is 10.1. The van der Waals surface area contributed by atoms with E-state index >= 15 is 0 Å². The number of halogens is 2. The van der Waals surface area contributed by atoms with Crippen molar-refractivity contribution in [3.63, 3.8) is 0 Å². The number of carbonyl (C=O) groups excluding carboxylic acids is 1. The number of alkyl halides is 2. The zero-order valence-corrected chi connectivity index (χ0v) is 13.1. The Labute approximate surface area is 131 Å². The SMILES string of the molecule is O=C(CSC1CCNCC1)Nc1ccccc1SC(F)F. The molecule has 1 aromatic rings. The van der Waals surface area contributed by atoms with Gasteiger partial charge in [-0.15, -0.1) is 11.8 Å². The summed E-state index contributed by atoms with van der Waals surface area (Å²) in [6.07, 6.45) is 2.13. The van der Waals surface area contributed by atoms with Gasteiger partial charge < -0.3 is 10.6 Å². The third-order valence-corrected chi connectivity index (χ3v) is 5.27. The number of rotatable bonds is 6. The maximum Gasteiger partial charge on any atom is 0.288 e. The molecule has 2 N–H and O–H groups in total. The van der Waals surface area contributed by atoms with Gasteiger partial charge in [-0.25, -0.2) is 0 Å². The number of thioether (sulfide) groups is 2. The molecule has 21 heavy (non-hydrogen) atoms. The zero-order valence-electron chi connectivity index (χ0n) is 11.5. The number of nitrogens with one attached hydrogen (secondary N) is 2. The van der Waals surface area contributed by atoms with Crippen LogP contribution in [0.3, 0.4) is 0 Å². The molecule has 0 saturated carbocycles. The number of amides is 1. The highest BCUT2D eigenvalue weighted by atomic mass is 32.2. The first kappa shape index (κ1) is 16.6. The van der Waals surface area contributed by atoms with Gasteiger partial charge in [0.15, 0.2) is 0 Å². The highest BCUT2D eigenvalue weighted by Crippen LogP contribution is 2.31. The Hall–Kier alpha value is -0.790. The molecule has 0 bridgehead atoms. The summed E-state index contributed by atoms with van der Waals surface area (Å²) in [5.41, 5.74) is 0.457. The first-order valence-electron chi connectivity index (χ1n) is 6.81. The van der Waals surface area contributed by atoms with Crippen LogP contribution in [0.2, 0.25) is 0 Å². The fourth-order valence-electron chi connectivity index (χ4n) is 2.11. The van der Waals surface area contributed by atoms with Crippen LogP contribution in [0.5, 0.6) is 0 Å². The number of anilines is 1. The number of piperidine rings is 1. The lowest BCUT2D eigenvalue weighted by Gasteiger charge is -2.21. The molecule has 2 rings (SSSR count). The van der Waals surface area contributed by atoms with E-state index in [9.17, 15) is 13.6 Å². The van der Waals surface area contributed by atoms with E-state index < -0.39 is 5.76 Å². The van der Waals surface area contributed by atoms with E-state index in [4.69, 9.17) is 0 Å². The topological polar surface area (TPSA) is 41.1 Å². The third kappa shape index (κ3) is 5.84. The predicted molar refractivity (Wildman–Crippen MR) is 85.3 cm³/mol. The summed E-state index contributed by atoms with van der Waals surface area (Å²) >= 11 is 2.09. The summed E-state index contributed by atoms with van der Waals surface area (Å²) in [6.45, 7) is 1.99.